The SMILES string of the molecule is CCN(CC)C(=O)n1cc(Br)c(Sc2c(C)cc(C)cc2C)n1. The van der Waals surface area contributed by atoms with Crippen molar-refractivity contribution in [2.75, 3.05) is 13.1 Å². The van der Waals surface area contributed by atoms with Crippen molar-refractivity contribution in [1.29, 1.82) is 0 Å². The molecule has 1 aromatic carbocycles. The first-order valence-electron chi connectivity index (χ1n) is 7.67. The van der Waals surface area contributed by atoms with Crippen LogP contribution in [0.1, 0.15) is 30.5 Å². The summed E-state index contributed by atoms with van der Waals surface area (Å²) in [6.07, 6.45) is 1.74. The third-order valence-electron chi connectivity index (χ3n) is 3.67. The molecular weight excluding hydrogens is 374 g/mol. The number of aromatic nitrogens is 2. The van der Waals surface area contributed by atoms with Crippen molar-refractivity contribution in [2.45, 2.75) is 44.5 Å². The van der Waals surface area contributed by atoms with Crippen LogP contribution >= 0.6 is 27.7 Å². The molecule has 0 radical (unpaired) electrons. The van der Waals surface area contributed by atoms with E-state index in [1.807, 2.05) is 13.8 Å². The zero-order valence-electron chi connectivity index (χ0n) is 14.2. The number of rotatable bonds is 4. The lowest BCUT2D eigenvalue weighted by Crippen LogP contribution is -2.34. The van der Waals surface area contributed by atoms with Crippen LogP contribution in [0.25, 0.3) is 0 Å². The second-order valence-electron chi connectivity index (χ2n) is 5.51. The molecular formula is C17H22BrN3OS. The highest BCUT2D eigenvalue weighted by Crippen LogP contribution is 2.36. The molecule has 0 bridgehead atoms. The van der Waals surface area contributed by atoms with Gasteiger partial charge in [0, 0.05) is 18.0 Å². The smallest absolute Gasteiger partial charge is 0.323 e. The average molecular weight is 396 g/mol. The molecule has 1 aromatic heterocycles. The van der Waals surface area contributed by atoms with Gasteiger partial charge in [-0.2, -0.15) is 9.78 Å². The molecule has 0 aliphatic rings. The molecule has 124 valence electrons. The van der Waals surface area contributed by atoms with E-state index in [0.717, 1.165) is 9.50 Å². The lowest BCUT2D eigenvalue weighted by atomic mass is 10.1. The molecule has 2 aromatic rings. The first-order chi connectivity index (χ1) is 10.9. The predicted molar refractivity (Wildman–Crippen MR) is 98.4 cm³/mol. The number of amides is 1. The van der Waals surface area contributed by atoms with Gasteiger partial charge in [0.1, 0.15) is 5.03 Å². The molecule has 4 nitrogen and oxygen atoms in total. The third-order valence-corrected chi connectivity index (χ3v) is 5.86. The summed E-state index contributed by atoms with van der Waals surface area (Å²) in [5.41, 5.74) is 3.71. The highest BCUT2D eigenvalue weighted by atomic mass is 79.9. The van der Waals surface area contributed by atoms with Gasteiger partial charge >= 0.3 is 6.03 Å². The molecule has 23 heavy (non-hydrogen) atoms. The Morgan fingerprint density at radius 1 is 1.22 bits per heavy atom. The first-order valence-corrected chi connectivity index (χ1v) is 9.28. The Kier molecular flexibility index (Phi) is 5.92. The molecule has 0 atom stereocenters. The van der Waals surface area contributed by atoms with Gasteiger partial charge in [-0.3, -0.25) is 0 Å². The molecule has 0 aliphatic carbocycles. The number of benzene rings is 1. The number of carbonyl (C=O) groups is 1. The summed E-state index contributed by atoms with van der Waals surface area (Å²) in [7, 11) is 0. The fraction of sp³-hybridized carbons (Fsp3) is 0.412. The van der Waals surface area contributed by atoms with Gasteiger partial charge in [0.15, 0.2) is 0 Å². The molecule has 0 saturated heterocycles. The molecule has 0 spiro atoms. The van der Waals surface area contributed by atoms with Crippen molar-refractivity contribution >= 4 is 33.7 Å². The largest absolute Gasteiger partial charge is 0.344 e. The van der Waals surface area contributed by atoms with E-state index in [1.165, 1.54) is 26.3 Å². The lowest BCUT2D eigenvalue weighted by Gasteiger charge is -2.17. The van der Waals surface area contributed by atoms with E-state index in [1.54, 1.807) is 22.9 Å². The van der Waals surface area contributed by atoms with Gasteiger partial charge < -0.3 is 4.90 Å². The average Bonchev–Trinajstić information content (AvgIpc) is 2.85. The Labute approximate surface area is 150 Å². The van der Waals surface area contributed by atoms with Gasteiger partial charge in [-0.15, -0.1) is 0 Å². The van der Waals surface area contributed by atoms with Gasteiger partial charge in [-0.05, 0) is 61.7 Å². The van der Waals surface area contributed by atoms with Crippen LogP contribution in [0.5, 0.6) is 0 Å². The second-order valence-corrected chi connectivity index (χ2v) is 7.36. The van der Waals surface area contributed by atoms with Gasteiger partial charge in [0.25, 0.3) is 0 Å². The molecule has 2 rings (SSSR count). The van der Waals surface area contributed by atoms with E-state index in [2.05, 4.69) is 53.9 Å². The number of nitrogens with zero attached hydrogens (tertiary/aromatic N) is 3. The van der Waals surface area contributed by atoms with E-state index in [-0.39, 0.29) is 6.03 Å². The van der Waals surface area contributed by atoms with Crippen LogP contribution in [0.4, 0.5) is 4.79 Å². The number of aryl methyl sites for hydroxylation is 3. The van der Waals surface area contributed by atoms with Gasteiger partial charge in [-0.1, -0.05) is 29.5 Å². The van der Waals surface area contributed by atoms with Gasteiger partial charge in [-0.25, -0.2) is 4.79 Å². The minimum absolute atomic E-state index is 0.0973. The molecule has 0 aliphatic heterocycles. The lowest BCUT2D eigenvalue weighted by molar-refractivity contribution is 0.201. The molecule has 0 unspecified atom stereocenters. The topological polar surface area (TPSA) is 38.1 Å². The van der Waals surface area contributed by atoms with Crippen molar-refractivity contribution in [3.8, 4) is 0 Å². The standard InChI is InChI=1S/C17H22BrN3OS/c1-6-20(7-2)17(22)21-10-14(18)16(19-21)23-15-12(4)8-11(3)9-13(15)5/h8-10H,6-7H2,1-5H3. The Balaban J connectivity index is 2.31. The number of hydrogen-bond donors (Lipinski definition) is 0. The summed E-state index contributed by atoms with van der Waals surface area (Å²) in [5, 5.41) is 5.27. The summed E-state index contributed by atoms with van der Waals surface area (Å²) >= 11 is 5.12. The van der Waals surface area contributed by atoms with E-state index in [0.29, 0.717) is 13.1 Å². The first kappa shape index (κ1) is 18.1. The summed E-state index contributed by atoms with van der Waals surface area (Å²) in [5.74, 6) is 0. The van der Waals surface area contributed by atoms with Crippen molar-refractivity contribution in [2.24, 2.45) is 0 Å². The Morgan fingerprint density at radius 2 is 1.78 bits per heavy atom. The normalized spacial score (nSPS) is 10.9. The number of halogens is 1. The highest BCUT2D eigenvalue weighted by molar-refractivity contribution is 9.10. The van der Waals surface area contributed by atoms with E-state index in [9.17, 15) is 4.79 Å². The maximum Gasteiger partial charge on any atom is 0.344 e. The molecule has 0 fully saturated rings. The summed E-state index contributed by atoms with van der Waals surface area (Å²) < 4.78 is 2.25. The summed E-state index contributed by atoms with van der Waals surface area (Å²) in [4.78, 5) is 15.3. The van der Waals surface area contributed by atoms with Crippen LogP contribution < -0.4 is 0 Å². The molecule has 6 heteroatoms. The fourth-order valence-electron chi connectivity index (χ4n) is 2.57. The van der Waals surface area contributed by atoms with E-state index < -0.39 is 0 Å². The fourth-order valence-corrected chi connectivity index (χ4v) is 4.00. The van der Waals surface area contributed by atoms with Crippen LogP contribution in [-0.2, 0) is 0 Å². The monoisotopic (exact) mass is 395 g/mol. The van der Waals surface area contributed by atoms with E-state index in [4.69, 9.17) is 0 Å². The van der Waals surface area contributed by atoms with Crippen molar-refractivity contribution in [1.82, 2.24) is 14.7 Å². The Morgan fingerprint density at radius 3 is 2.30 bits per heavy atom. The molecule has 0 saturated carbocycles. The second kappa shape index (κ2) is 7.53. The number of hydrogen-bond acceptors (Lipinski definition) is 3. The quantitative estimate of drug-likeness (QED) is 0.727. The van der Waals surface area contributed by atoms with Gasteiger partial charge in [0.05, 0.1) is 10.7 Å². The number of carbonyl (C=O) groups excluding carboxylic acids is 1. The Bertz CT molecular complexity index is 700. The maximum absolute atomic E-state index is 12.4. The minimum atomic E-state index is -0.0973. The summed E-state index contributed by atoms with van der Waals surface area (Å²) in [6, 6.07) is 4.24. The molecule has 1 heterocycles. The van der Waals surface area contributed by atoms with Crippen molar-refractivity contribution in [3.05, 3.63) is 39.5 Å². The maximum atomic E-state index is 12.4. The van der Waals surface area contributed by atoms with Crippen LogP contribution in [0, 0.1) is 20.8 Å². The van der Waals surface area contributed by atoms with Crippen molar-refractivity contribution in [3.63, 3.8) is 0 Å². The van der Waals surface area contributed by atoms with Crippen LogP contribution in [0.15, 0.2) is 32.7 Å². The van der Waals surface area contributed by atoms with Gasteiger partial charge in [0.2, 0.25) is 0 Å². The third kappa shape index (κ3) is 3.98. The highest BCUT2D eigenvalue weighted by Gasteiger charge is 2.18. The van der Waals surface area contributed by atoms with Crippen molar-refractivity contribution < 1.29 is 4.79 Å². The Hall–Kier alpha value is -1.27. The summed E-state index contributed by atoms with van der Waals surface area (Å²) in [6.45, 7) is 11.6. The molecule has 1 amide bonds. The van der Waals surface area contributed by atoms with Crippen LogP contribution in [0.2, 0.25) is 0 Å². The zero-order valence-corrected chi connectivity index (χ0v) is 16.6. The van der Waals surface area contributed by atoms with Crippen LogP contribution in [-0.4, -0.2) is 33.8 Å². The molecule has 0 N–H and O–H groups in total. The van der Waals surface area contributed by atoms with Crippen LogP contribution in [0.3, 0.4) is 0 Å². The van der Waals surface area contributed by atoms with E-state index >= 15 is 0 Å². The zero-order chi connectivity index (χ0) is 17.1. The minimum Gasteiger partial charge on any atom is -0.323 e. The predicted octanol–water partition coefficient (Wildman–Crippen LogP) is 5.03.